The minimum atomic E-state index is -0.465. The smallest absolute Gasteiger partial charge is 0.339 e. The van der Waals surface area contributed by atoms with E-state index >= 15 is 0 Å². The monoisotopic (exact) mass is 436 g/mol. The van der Waals surface area contributed by atoms with Crippen molar-refractivity contribution in [3.63, 3.8) is 0 Å². The maximum Gasteiger partial charge on any atom is 0.339 e. The van der Waals surface area contributed by atoms with Gasteiger partial charge in [-0.25, -0.2) is 4.79 Å². The molecule has 1 aromatic carbocycles. The molecule has 0 aliphatic carbocycles. The average Bonchev–Trinajstić information content (AvgIpc) is 3.34. The van der Waals surface area contributed by atoms with Gasteiger partial charge in [0.05, 0.1) is 12.2 Å². The second-order valence-corrected chi connectivity index (χ2v) is 7.34. The van der Waals surface area contributed by atoms with Crippen LogP contribution in [0.25, 0.3) is 11.4 Å². The minimum absolute atomic E-state index is 0.0625. The molecule has 1 fully saturated rings. The molecule has 1 saturated heterocycles. The van der Waals surface area contributed by atoms with Gasteiger partial charge in [-0.05, 0) is 44.4 Å². The maximum absolute atomic E-state index is 12.9. The first kappa shape index (κ1) is 21.5. The number of piperidine rings is 1. The summed E-state index contributed by atoms with van der Waals surface area (Å²) >= 11 is 0. The maximum atomic E-state index is 12.9. The second kappa shape index (κ2) is 10.0. The summed E-state index contributed by atoms with van der Waals surface area (Å²) in [6.45, 7) is 2.55. The van der Waals surface area contributed by atoms with Crippen molar-refractivity contribution in [2.45, 2.75) is 32.2 Å². The lowest BCUT2D eigenvalue weighted by molar-refractivity contribution is -0.138. The number of carbonyl (C=O) groups excluding carboxylic acids is 2. The number of likely N-dealkylation sites (tertiary alicyclic amines) is 1. The Bertz CT molecular complexity index is 1070. The van der Waals surface area contributed by atoms with Gasteiger partial charge in [0.15, 0.2) is 6.61 Å². The van der Waals surface area contributed by atoms with Crippen molar-refractivity contribution >= 4 is 11.9 Å². The Hall–Kier alpha value is -3.75. The van der Waals surface area contributed by atoms with Gasteiger partial charge >= 0.3 is 5.97 Å². The van der Waals surface area contributed by atoms with Crippen molar-refractivity contribution in [2.24, 2.45) is 0 Å². The number of nitrogens with zero attached hydrogens (tertiary/aromatic N) is 4. The standard InChI is InChI=1S/C23H24N4O5/c1-2-30-23(29)17-12-16(13-24-14-17)21-25-22(32-26-21)19-10-6-7-11-27(19)20(28)15-31-18-8-4-3-5-9-18/h3-5,8-9,12-14,19H,2,6-7,10-11,15H2,1H3/t19-/m1/s1. The van der Waals surface area contributed by atoms with E-state index in [1.165, 1.54) is 6.20 Å². The van der Waals surface area contributed by atoms with E-state index in [1.54, 1.807) is 24.1 Å². The molecule has 4 rings (SSSR count). The molecule has 0 unspecified atom stereocenters. The number of hydrogen-bond acceptors (Lipinski definition) is 8. The molecule has 32 heavy (non-hydrogen) atoms. The molecule has 166 valence electrons. The molecule has 0 bridgehead atoms. The first-order valence-electron chi connectivity index (χ1n) is 10.6. The van der Waals surface area contributed by atoms with Crippen molar-refractivity contribution in [1.29, 1.82) is 0 Å². The molecule has 1 aliphatic rings. The Morgan fingerprint density at radius 3 is 2.84 bits per heavy atom. The Morgan fingerprint density at radius 1 is 1.19 bits per heavy atom. The molecule has 0 saturated carbocycles. The summed E-state index contributed by atoms with van der Waals surface area (Å²) in [6, 6.07) is 10.5. The van der Waals surface area contributed by atoms with Crippen LogP contribution in [0.2, 0.25) is 0 Å². The van der Waals surface area contributed by atoms with Crippen molar-refractivity contribution in [2.75, 3.05) is 19.8 Å². The van der Waals surface area contributed by atoms with Gasteiger partial charge in [0.1, 0.15) is 11.8 Å². The van der Waals surface area contributed by atoms with Gasteiger partial charge < -0.3 is 18.9 Å². The van der Waals surface area contributed by atoms with Crippen LogP contribution in [0.5, 0.6) is 5.75 Å². The zero-order chi connectivity index (χ0) is 22.3. The van der Waals surface area contributed by atoms with E-state index in [1.807, 2.05) is 30.3 Å². The van der Waals surface area contributed by atoms with E-state index in [2.05, 4.69) is 15.1 Å². The average molecular weight is 436 g/mol. The zero-order valence-corrected chi connectivity index (χ0v) is 17.8. The lowest BCUT2D eigenvalue weighted by Gasteiger charge is -2.33. The van der Waals surface area contributed by atoms with E-state index in [0.717, 1.165) is 19.3 Å². The van der Waals surface area contributed by atoms with Crippen LogP contribution in [0.4, 0.5) is 0 Å². The number of amides is 1. The fourth-order valence-corrected chi connectivity index (χ4v) is 3.61. The number of carbonyl (C=O) groups is 2. The predicted octanol–water partition coefficient (Wildman–Crippen LogP) is 3.44. The number of hydrogen-bond donors (Lipinski definition) is 0. The predicted molar refractivity (Wildman–Crippen MR) is 114 cm³/mol. The molecule has 1 aliphatic heterocycles. The topological polar surface area (TPSA) is 108 Å². The number of para-hydroxylation sites is 1. The van der Waals surface area contributed by atoms with E-state index < -0.39 is 5.97 Å². The van der Waals surface area contributed by atoms with Crippen LogP contribution in [0.3, 0.4) is 0 Å². The van der Waals surface area contributed by atoms with E-state index in [9.17, 15) is 9.59 Å². The molecule has 1 amide bonds. The molecule has 9 nitrogen and oxygen atoms in total. The second-order valence-electron chi connectivity index (χ2n) is 7.34. The third kappa shape index (κ3) is 4.93. The van der Waals surface area contributed by atoms with E-state index in [0.29, 0.717) is 35.1 Å². The molecule has 0 spiro atoms. The zero-order valence-electron chi connectivity index (χ0n) is 17.8. The minimum Gasteiger partial charge on any atom is -0.484 e. The summed E-state index contributed by atoms with van der Waals surface area (Å²) in [4.78, 5) is 35.2. The SMILES string of the molecule is CCOC(=O)c1cncc(-c2noc([C@H]3CCCCN3C(=O)COc3ccccc3)n2)c1. The molecule has 3 heterocycles. The van der Waals surface area contributed by atoms with E-state index in [-0.39, 0.29) is 25.2 Å². The molecular formula is C23H24N4O5. The Kier molecular flexibility index (Phi) is 6.74. The van der Waals surface area contributed by atoms with Gasteiger partial charge in [0.2, 0.25) is 11.7 Å². The Morgan fingerprint density at radius 2 is 2.03 bits per heavy atom. The Balaban J connectivity index is 1.48. The molecule has 9 heteroatoms. The van der Waals surface area contributed by atoms with Crippen molar-refractivity contribution in [3.8, 4) is 17.1 Å². The highest BCUT2D eigenvalue weighted by Crippen LogP contribution is 2.31. The number of ether oxygens (including phenoxy) is 2. The Labute approximate surface area is 185 Å². The molecule has 0 N–H and O–H groups in total. The molecule has 3 aromatic rings. The van der Waals surface area contributed by atoms with Crippen LogP contribution in [0.1, 0.15) is 48.5 Å². The number of rotatable bonds is 7. The van der Waals surface area contributed by atoms with Crippen LogP contribution in [0.15, 0.2) is 53.3 Å². The third-order valence-corrected chi connectivity index (χ3v) is 5.16. The lowest BCUT2D eigenvalue weighted by Crippen LogP contribution is -2.41. The quantitative estimate of drug-likeness (QED) is 0.518. The van der Waals surface area contributed by atoms with Crippen LogP contribution in [0, 0.1) is 0 Å². The number of benzene rings is 1. The van der Waals surface area contributed by atoms with Crippen LogP contribution in [-0.4, -0.2) is 51.7 Å². The summed E-state index contributed by atoms with van der Waals surface area (Å²) in [5.74, 6) is 0.701. The summed E-state index contributed by atoms with van der Waals surface area (Å²) in [7, 11) is 0. The molecular weight excluding hydrogens is 412 g/mol. The third-order valence-electron chi connectivity index (χ3n) is 5.16. The van der Waals surface area contributed by atoms with Gasteiger partial charge in [-0.2, -0.15) is 4.98 Å². The van der Waals surface area contributed by atoms with Crippen LogP contribution in [-0.2, 0) is 9.53 Å². The summed E-state index contributed by atoms with van der Waals surface area (Å²) in [5.41, 5.74) is 0.842. The number of pyridine rings is 1. The summed E-state index contributed by atoms with van der Waals surface area (Å²) < 4.78 is 16.2. The van der Waals surface area contributed by atoms with Crippen molar-refractivity contribution in [1.82, 2.24) is 20.0 Å². The first-order valence-corrected chi connectivity index (χ1v) is 10.6. The first-order chi connectivity index (χ1) is 15.7. The van der Waals surface area contributed by atoms with Crippen molar-refractivity contribution in [3.05, 3.63) is 60.2 Å². The molecule has 1 atom stereocenters. The highest BCUT2D eigenvalue weighted by atomic mass is 16.5. The van der Waals surface area contributed by atoms with Gasteiger partial charge in [-0.3, -0.25) is 9.78 Å². The highest BCUT2D eigenvalue weighted by molar-refractivity contribution is 5.90. The summed E-state index contributed by atoms with van der Waals surface area (Å²) in [6.07, 6.45) is 5.55. The van der Waals surface area contributed by atoms with Crippen molar-refractivity contribution < 1.29 is 23.6 Å². The lowest BCUT2D eigenvalue weighted by atomic mass is 10.0. The van der Waals surface area contributed by atoms with Gasteiger partial charge in [0.25, 0.3) is 5.91 Å². The molecule has 0 radical (unpaired) electrons. The summed E-state index contributed by atoms with van der Waals surface area (Å²) in [5, 5.41) is 4.05. The normalized spacial score (nSPS) is 15.9. The van der Waals surface area contributed by atoms with Gasteiger partial charge in [0, 0.05) is 24.5 Å². The van der Waals surface area contributed by atoms with Gasteiger partial charge in [-0.15, -0.1) is 0 Å². The van der Waals surface area contributed by atoms with Crippen LogP contribution < -0.4 is 4.74 Å². The number of aromatic nitrogens is 3. The fourth-order valence-electron chi connectivity index (χ4n) is 3.61. The van der Waals surface area contributed by atoms with Crippen LogP contribution >= 0.6 is 0 Å². The fraction of sp³-hybridized carbons (Fsp3) is 0.348. The van der Waals surface area contributed by atoms with Gasteiger partial charge in [-0.1, -0.05) is 23.4 Å². The highest BCUT2D eigenvalue weighted by Gasteiger charge is 2.32. The largest absolute Gasteiger partial charge is 0.484 e. The number of esters is 1. The molecule has 2 aromatic heterocycles. The van der Waals surface area contributed by atoms with E-state index in [4.69, 9.17) is 14.0 Å².